The number of amides is 1. The zero-order chi connectivity index (χ0) is 13.5. The maximum atomic E-state index is 11.3. The topological polar surface area (TPSA) is 67.6 Å². The van der Waals surface area contributed by atoms with Crippen LogP contribution in [0.4, 0.5) is 0 Å². The summed E-state index contributed by atoms with van der Waals surface area (Å²) in [5.74, 6) is 0.404. The van der Waals surface area contributed by atoms with Gasteiger partial charge >= 0.3 is 0 Å². The summed E-state index contributed by atoms with van der Waals surface area (Å²) in [5.41, 5.74) is 6.08. The number of hydrogen-bond donors (Lipinski definition) is 2. The monoisotopic (exact) mass is 265 g/mol. The Balaban J connectivity index is 1.84. The molecule has 3 rings (SSSR count). The molecule has 1 saturated carbocycles. The van der Waals surface area contributed by atoms with Crippen LogP contribution in [0.15, 0.2) is 11.8 Å². The third kappa shape index (κ3) is 2.25. The molecule has 1 spiro atoms. The van der Waals surface area contributed by atoms with Crippen molar-refractivity contribution in [3.05, 3.63) is 11.8 Å². The predicted molar refractivity (Wildman–Crippen MR) is 72.1 cm³/mol. The van der Waals surface area contributed by atoms with E-state index in [1.165, 1.54) is 25.7 Å². The number of primary amides is 1. The van der Waals surface area contributed by atoms with Crippen molar-refractivity contribution >= 4 is 5.91 Å². The smallest absolute Gasteiger partial charge is 0.248 e. The van der Waals surface area contributed by atoms with Crippen molar-refractivity contribution in [3.63, 3.8) is 0 Å². The molecule has 5 nitrogen and oxygen atoms in total. The van der Waals surface area contributed by atoms with Gasteiger partial charge in [0, 0.05) is 24.8 Å². The SMILES string of the molecule is CC1OC/C(C(N)=O)=C\NC[C@@]23CCC[C@@H](CN12)C3. The highest BCUT2D eigenvalue weighted by molar-refractivity contribution is 5.92. The van der Waals surface area contributed by atoms with Crippen molar-refractivity contribution in [1.82, 2.24) is 10.2 Å². The minimum atomic E-state index is -0.402. The molecule has 3 N–H and O–H groups in total. The molecule has 1 amide bonds. The van der Waals surface area contributed by atoms with E-state index in [1.54, 1.807) is 6.20 Å². The molecule has 0 aromatic carbocycles. The van der Waals surface area contributed by atoms with Crippen LogP contribution in [0.2, 0.25) is 0 Å². The molecule has 2 bridgehead atoms. The van der Waals surface area contributed by atoms with Crippen molar-refractivity contribution in [2.24, 2.45) is 11.7 Å². The van der Waals surface area contributed by atoms with E-state index in [0.717, 1.165) is 19.0 Å². The van der Waals surface area contributed by atoms with Gasteiger partial charge < -0.3 is 15.8 Å². The molecule has 0 aromatic heterocycles. The van der Waals surface area contributed by atoms with Gasteiger partial charge in [0.2, 0.25) is 5.91 Å². The molecule has 5 heteroatoms. The van der Waals surface area contributed by atoms with Gasteiger partial charge in [-0.05, 0) is 32.1 Å². The summed E-state index contributed by atoms with van der Waals surface area (Å²) in [6.45, 7) is 4.38. The van der Waals surface area contributed by atoms with E-state index >= 15 is 0 Å². The second-order valence-corrected chi connectivity index (χ2v) is 6.16. The van der Waals surface area contributed by atoms with E-state index in [1.807, 2.05) is 0 Å². The minimum absolute atomic E-state index is 0.0470. The highest BCUT2D eigenvalue weighted by Gasteiger charge is 2.49. The first-order valence-electron chi connectivity index (χ1n) is 7.21. The Kier molecular flexibility index (Phi) is 3.27. The lowest BCUT2D eigenvalue weighted by Crippen LogP contribution is -2.54. The molecule has 3 atom stereocenters. The van der Waals surface area contributed by atoms with Crippen molar-refractivity contribution in [2.75, 3.05) is 19.7 Å². The zero-order valence-corrected chi connectivity index (χ0v) is 11.5. The summed E-state index contributed by atoms with van der Waals surface area (Å²) in [7, 11) is 0. The predicted octanol–water partition coefficient (Wildman–Crippen LogP) is 0.566. The number of rotatable bonds is 1. The highest BCUT2D eigenvalue weighted by atomic mass is 16.5. The number of fused-ring (bicyclic) bond motifs is 1. The number of nitrogens with zero attached hydrogens (tertiary/aromatic N) is 1. The maximum Gasteiger partial charge on any atom is 0.248 e. The third-order valence-corrected chi connectivity index (χ3v) is 4.93. The molecule has 0 radical (unpaired) electrons. The summed E-state index contributed by atoms with van der Waals surface area (Å²) in [6.07, 6.45) is 6.88. The van der Waals surface area contributed by atoms with Crippen molar-refractivity contribution < 1.29 is 9.53 Å². The van der Waals surface area contributed by atoms with Gasteiger partial charge in [0.15, 0.2) is 0 Å². The van der Waals surface area contributed by atoms with Crippen LogP contribution in [0, 0.1) is 5.92 Å². The fraction of sp³-hybridized carbons (Fsp3) is 0.786. The van der Waals surface area contributed by atoms with E-state index in [0.29, 0.717) is 12.2 Å². The summed E-state index contributed by atoms with van der Waals surface area (Å²) in [5, 5.41) is 3.31. The summed E-state index contributed by atoms with van der Waals surface area (Å²) < 4.78 is 5.87. The average Bonchev–Trinajstić information content (AvgIpc) is 2.65. The first kappa shape index (κ1) is 12.9. The molecule has 1 aliphatic carbocycles. The van der Waals surface area contributed by atoms with E-state index < -0.39 is 5.91 Å². The lowest BCUT2D eigenvalue weighted by Gasteiger charge is -2.42. The second kappa shape index (κ2) is 4.80. The Labute approximate surface area is 114 Å². The van der Waals surface area contributed by atoms with Crippen LogP contribution in [0.3, 0.4) is 0 Å². The second-order valence-electron chi connectivity index (χ2n) is 6.16. The highest BCUT2D eigenvalue weighted by Crippen LogP contribution is 2.45. The molecule has 1 saturated heterocycles. The standard InChI is InChI=1S/C14H23N3O2/c1-10-17-7-11-3-2-4-14(17,5-11)9-16-6-12(8-19-10)13(15)18/h6,10-11,16H,2-5,7-9H2,1H3,(H2,15,18)/b12-6+/t10?,11-,14+/m1/s1. The van der Waals surface area contributed by atoms with Gasteiger partial charge in [0.1, 0.15) is 6.23 Å². The number of nitrogens with two attached hydrogens (primary N) is 1. The Bertz CT molecular complexity index is 409. The molecule has 1 unspecified atom stereocenters. The van der Waals surface area contributed by atoms with Crippen LogP contribution in [-0.4, -0.2) is 42.3 Å². The van der Waals surface area contributed by atoms with Gasteiger partial charge in [0.05, 0.1) is 12.2 Å². The maximum absolute atomic E-state index is 11.3. The number of carbonyl (C=O) groups excluding carboxylic acids is 1. The molecule has 2 heterocycles. The van der Waals surface area contributed by atoms with E-state index in [4.69, 9.17) is 10.5 Å². The normalized spacial score (nSPS) is 42.1. The average molecular weight is 265 g/mol. The minimum Gasteiger partial charge on any atom is -0.389 e. The Hall–Kier alpha value is -1.07. The van der Waals surface area contributed by atoms with E-state index in [2.05, 4.69) is 17.1 Å². The number of hydrogen-bond acceptors (Lipinski definition) is 4. The Morgan fingerprint density at radius 2 is 2.47 bits per heavy atom. The molecular formula is C14H23N3O2. The lowest BCUT2D eigenvalue weighted by atomic mass is 9.79. The van der Waals surface area contributed by atoms with Crippen LogP contribution in [0.1, 0.15) is 32.6 Å². The van der Waals surface area contributed by atoms with E-state index in [9.17, 15) is 4.79 Å². The number of carbonyl (C=O) groups is 1. The fourth-order valence-electron chi connectivity index (χ4n) is 3.99. The number of ether oxygens (including phenoxy) is 1. The van der Waals surface area contributed by atoms with Crippen LogP contribution in [0.25, 0.3) is 0 Å². The fourth-order valence-corrected chi connectivity index (χ4v) is 3.99. The molecule has 0 aromatic rings. The molecule has 2 aliphatic heterocycles. The molecule has 106 valence electrons. The van der Waals surface area contributed by atoms with Crippen molar-refractivity contribution in [2.45, 2.75) is 44.4 Å². The molecule has 2 fully saturated rings. The van der Waals surface area contributed by atoms with E-state index in [-0.39, 0.29) is 11.8 Å². The quantitative estimate of drug-likeness (QED) is 0.727. The van der Waals surface area contributed by atoms with Crippen LogP contribution < -0.4 is 11.1 Å². The van der Waals surface area contributed by atoms with Gasteiger partial charge in [-0.2, -0.15) is 0 Å². The Morgan fingerprint density at radius 1 is 1.63 bits per heavy atom. The largest absolute Gasteiger partial charge is 0.389 e. The van der Waals surface area contributed by atoms with Crippen LogP contribution >= 0.6 is 0 Å². The first-order chi connectivity index (χ1) is 9.11. The molecular weight excluding hydrogens is 242 g/mol. The van der Waals surface area contributed by atoms with Gasteiger partial charge in [-0.25, -0.2) is 0 Å². The molecule has 19 heavy (non-hydrogen) atoms. The summed E-state index contributed by atoms with van der Waals surface area (Å²) in [6, 6.07) is 0. The summed E-state index contributed by atoms with van der Waals surface area (Å²) >= 11 is 0. The van der Waals surface area contributed by atoms with Gasteiger partial charge in [0.25, 0.3) is 0 Å². The van der Waals surface area contributed by atoms with Gasteiger partial charge in [-0.3, -0.25) is 9.69 Å². The third-order valence-electron chi connectivity index (χ3n) is 4.93. The lowest BCUT2D eigenvalue weighted by molar-refractivity contribution is -0.116. The summed E-state index contributed by atoms with van der Waals surface area (Å²) in [4.78, 5) is 13.8. The van der Waals surface area contributed by atoms with Crippen molar-refractivity contribution in [3.8, 4) is 0 Å². The molecule has 3 aliphatic rings. The first-order valence-corrected chi connectivity index (χ1v) is 7.21. The van der Waals surface area contributed by atoms with Gasteiger partial charge in [-0.15, -0.1) is 0 Å². The number of nitrogens with one attached hydrogen (secondary N) is 1. The van der Waals surface area contributed by atoms with Crippen molar-refractivity contribution in [1.29, 1.82) is 0 Å². The Morgan fingerprint density at radius 3 is 3.26 bits per heavy atom. The van der Waals surface area contributed by atoms with Gasteiger partial charge in [-0.1, -0.05) is 6.42 Å². The van der Waals surface area contributed by atoms with Crippen LogP contribution in [-0.2, 0) is 9.53 Å². The van der Waals surface area contributed by atoms with Crippen LogP contribution in [0.5, 0.6) is 0 Å². The zero-order valence-electron chi connectivity index (χ0n) is 11.5.